The minimum atomic E-state index is -0.913. The Labute approximate surface area is 144 Å². The number of nitrogens with zero attached hydrogens (tertiary/aromatic N) is 1. The van der Waals surface area contributed by atoms with Crippen molar-refractivity contribution in [3.05, 3.63) is 59.4 Å². The molecule has 2 aromatic rings. The van der Waals surface area contributed by atoms with E-state index in [2.05, 4.69) is 15.0 Å². The van der Waals surface area contributed by atoms with Crippen LogP contribution >= 0.6 is 0 Å². The number of ether oxygens (including phenoxy) is 2. The number of hydrogen-bond donors (Lipinski definition) is 1. The summed E-state index contributed by atoms with van der Waals surface area (Å²) in [4.78, 5) is 16.3. The standard InChI is InChI=1S/C18H18F2N2O3/c1-24-17-14(19)7-12(8-15(17)20)18(23)22-16-10-25-9-13(16)6-11-2-4-21-5-3-11/h2-5,7-8,13,16H,6,9-10H2,1H3,(H,22,23). The average Bonchev–Trinajstić information content (AvgIpc) is 3.02. The van der Waals surface area contributed by atoms with Crippen LogP contribution in [0.25, 0.3) is 0 Å². The van der Waals surface area contributed by atoms with Crippen LogP contribution in [0, 0.1) is 17.6 Å². The summed E-state index contributed by atoms with van der Waals surface area (Å²) < 4.78 is 37.6. The van der Waals surface area contributed by atoms with Crippen LogP contribution in [0.5, 0.6) is 5.75 Å². The van der Waals surface area contributed by atoms with Gasteiger partial charge in [-0.3, -0.25) is 9.78 Å². The predicted molar refractivity (Wildman–Crippen MR) is 86.4 cm³/mol. The molecular formula is C18H18F2N2O3. The van der Waals surface area contributed by atoms with Gasteiger partial charge in [-0.2, -0.15) is 0 Å². The Morgan fingerprint density at radius 1 is 1.28 bits per heavy atom. The van der Waals surface area contributed by atoms with E-state index in [0.717, 1.165) is 24.1 Å². The van der Waals surface area contributed by atoms with Crippen molar-refractivity contribution in [2.24, 2.45) is 5.92 Å². The van der Waals surface area contributed by atoms with Crippen LogP contribution in [-0.4, -0.2) is 37.3 Å². The highest BCUT2D eigenvalue weighted by molar-refractivity contribution is 5.94. The zero-order valence-corrected chi connectivity index (χ0v) is 13.7. The Morgan fingerprint density at radius 3 is 2.60 bits per heavy atom. The lowest BCUT2D eigenvalue weighted by atomic mass is 9.95. The van der Waals surface area contributed by atoms with E-state index in [1.165, 1.54) is 7.11 Å². The van der Waals surface area contributed by atoms with Gasteiger partial charge in [-0.25, -0.2) is 8.78 Å². The van der Waals surface area contributed by atoms with Gasteiger partial charge in [0.2, 0.25) is 0 Å². The number of amides is 1. The molecule has 7 heteroatoms. The first-order chi connectivity index (χ1) is 12.1. The van der Waals surface area contributed by atoms with Crippen molar-refractivity contribution in [3.8, 4) is 5.75 Å². The highest BCUT2D eigenvalue weighted by Gasteiger charge is 2.30. The second-order valence-corrected chi connectivity index (χ2v) is 5.91. The van der Waals surface area contributed by atoms with Gasteiger partial charge in [0.25, 0.3) is 5.91 Å². The van der Waals surface area contributed by atoms with Crippen LogP contribution in [0.4, 0.5) is 8.78 Å². The Balaban J connectivity index is 1.69. The minimum Gasteiger partial charge on any atom is -0.491 e. The van der Waals surface area contributed by atoms with E-state index in [1.807, 2.05) is 12.1 Å². The Hall–Kier alpha value is -2.54. The van der Waals surface area contributed by atoms with Crippen molar-refractivity contribution in [2.75, 3.05) is 20.3 Å². The smallest absolute Gasteiger partial charge is 0.251 e. The van der Waals surface area contributed by atoms with Crippen LogP contribution in [0.15, 0.2) is 36.7 Å². The number of carbonyl (C=O) groups is 1. The first-order valence-corrected chi connectivity index (χ1v) is 7.89. The van der Waals surface area contributed by atoms with Crippen molar-refractivity contribution in [1.82, 2.24) is 10.3 Å². The highest BCUT2D eigenvalue weighted by atomic mass is 19.1. The van der Waals surface area contributed by atoms with Crippen molar-refractivity contribution >= 4 is 5.91 Å². The molecule has 3 rings (SSSR count). The van der Waals surface area contributed by atoms with Crippen LogP contribution < -0.4 is 10.1 Å². The molecule has 2 atom stereocenters. The van der Waals surface area contributed by atoms with Gasteiger partial charge in [-0.15, -0.1) is 0 Å². The third kappa shape index (κ3) is 3.93. The van der Waals surface area contributed by atoms with Gasteiger partial charge in [0, 0.05) is 23.9 Å². The number of rotatable bonds is 5. The largest absolute Gasteiger partial charge is 0.491 e. The lowest BCUT2D eigenvalue weighted by Crippen LogP contribution is -2.40. The van der Waals surface area contributed by atoms with Crippen LogP contribution in [-0.2, 0) is 11.2 Å². The average molecular weight is 348 g/mol. The highest BCUT2D eigenvalue weighted by Crippen LogP contribution is 2.24. The van der Waals surface area contributed by atoms with Gasteiger partial charge in [0.05, 0.1) is 26.4 Å². The maximum Gasteiger partial charge on any atom is 0.251 e. The Bertz CT molecular complexity index is 732. The fourth-order valence-corrected chi connectivity index (χ4v) is 2.92. The summed E-state index contributed by atoms with van der Waals surface area (Å²) in [5.41, 5.74) is 0.997. The van der Waals surface area contributed by atoms with Crippen LogP contribution in [0.1, 0.15) is 15.9 Å². The number of aromatic nitrogens is 1. The molecule has 0 spiro atoms. The molecular weight excluding hydrogens is 330 g/mol. The molecule has 5 nitrogen and oxygen atoms in total. The Kier molecular flexibility index (Phi) is 5.23. The predicted octanol–water partition coefficient (Wildman–Crippen LogP) is 2.36. The van der Waals surface area contributed by atoms with Crippen molar-refractivity contribution in [1.29, 1.82) is 0 Å². The number of carbonyl (C=O) groups excluding carboxylic acids is 1. The van der Waals surface area contributed by atoms with E-state index in [4.69, 9.17) is 4.74 Å². The molecule has 0 bridgehead atoms. The second kappa shape index (κ2) is 7.57. The normalized spacial score (nSPS) is 19.6. The summed E-state index contributed by atoms with van der Waals surface area (Å²) in [6.07, 6.45) is 4.14. The molecule has 2 unspecified atom stereocenters. The molecule has 2 heterocycles. The number of nitrogens with one attached hydrogen (secondary N) is 1. The fraction of sp³-hybridized carbons (Fsp3) is 0.333. The van der Waals surface area contributed by atoms with Crippen molar-refractivity contribution in [3.63, 3.8) is 0 Å². The fourth-order valence-electron chi connectivity index (χ4n) is 2.92. The lowest BCUT2D eigenvalue weighted by molar-refractivity contribution is 0.0924. The van der Waals surface area contributed by atoms with E-state index >= 15 is 0 Å². The SMILES string of the molecule is COc1c(F)cc(C(=O)NC2COCC2Cc2ccncc2)cc1F. The van der Waals surface area contributed by atoms with E-state index in [9.17, 15) is 13.6 Å². The molecule has 1 amide bonds. The molecule has 0 aliphatic carbocycles. The molecule has 1 saturated heterocycles. The van der Waals surface area contributed by atoms with Gasteiger partial charge in [-0.1, -0.05) is 0 Å². The first kappa shape index (κ1) is 17.3. The second-order valence-electron chi connectivity index (χ2n) is 5.91. The minimum absolute atomic E-state index is 0.0827. The molecule has 1 fully saturated rings. The topological polar surface area (TPSA) is 60.5 Å². The molecule has 0 saturated carbocycles. The molecule has 0 radical (unpaired) electrons. The van der Waals surface area contributed by atoms with Gasteiger partial charge in [-0.05, 0) is 36.2 Å². The van der Waals surface area contributed by atoms with Gasteiger partial charge in [0.1, 0.15) is 0 Å². The van der Waals surface area contributed by atoms with E-state index in [1.54, 1.807) is 12.4 Å². The van der Waals surface area contributed by atoms with Gasteiger partial charge < -0.3 is 14.8 Å². The Morgan fingerprint density at radius 2 is 1.96 bits per heavy atom. The monoisotopic (exact) mass is 348 g/mol. The zero-order chi connectivity index (χ0) is 17.8. The summed E-state index contributed by atoms with van der Waals surface area (Å²) in [6.45, 7) is 0.876. The molecule has 1 aromatic heterocycles. The third-order valence-corrected chi connectivity index (χ3v) is 4.23. The summed E-state index contributed by atoms with van der Waals surface area (Å²) >= 11 is 0. The number of pyridine rings is 1. The van der Waals surface area contributed by atoms with Crippen molar-refractivity contribution < 1.29 is 23.0 Å². The number of methoxy groups -OCH3 is 1. The summed E-state index contributed by atoms with van der Waals surface area (Å²) in [5.74, 6) is -2.79. The molecule has 1 N–H and O–H groups in total. The maximum absolute atomic E-state index is 13.8. The lowest BCUT2D eigenvalue weighted by Gasteiger charge is -2.19. The summed E-state index contributed by atoms with van der Waals surface area (Å²) in [6, 6.07) is 5.51. The number of benzene rings is 1. The van der Waals surface area contributed by atoms with E-state index in [0.29, 0.717) is 13.2 Å². The molecule has 25 heavy (non-hydrogen) atoms. The van der Waals surface area contributed by atoms with Crippen molar-refractivity contribution in [2.45, 2.75) is 12.5 Å². The number of halogens is 2. The zero-order valence-electron chi connectivity index (χ0n) is 13.7. The maximum atomic E-state index is 13.8. The summed E-state index contributed by atoms with van der Waals surface area (Å²) in [5, 5.41) is 2.80. The molecule has 1 aliphatic heterocycles. The van der Waals surface area contributed by atoms with Gasteiger partial charge in [0.15, 0.2) is 17.4 Å². The van der Waals surface area contributed by atoms with Crippen LogP contribution in [0.3, 0.4) is 0 Å². The van der Waals surface area contributed by atoms with Gasteiger partial charge >= 0.3 is 0 Å². The van der Waals surface area contributed by atoms with E-state index in [-0.39, 0.29) is 17.5 Å². The summed E-state index contributed by atoms with van der Waals surface area (Å²) in [7, 11) is 1.17. The molecule has 1 aliphatic rings. The third-order valence-electron chi connectivity index (χ3n) is 4.23. The number of hydrogen-bond acceptors (Lipinski definition) is 4. The van der Waals surface area contributed by atoms with E-state index < -0.39 is 23.3 Å². The molecule has 132 valence electrons. The first-order valence-electron chi connectivity index (χ1n) is 7.89. The van der Waals surface area contributed by atoms with Crippen LogP contribution in [0.2, 0.25) is 0 Å². The quantitative estimate of drug-likeness (QED) is 0.901. The molecule has 1 aromatic carbocycles.